The number of aryl methyl sites for hydroxylation is 1. The summed E-state index contributed by atoms with van der Waals surface area (Å²) in [6, 6.07) is 50.4. The Hall–Kier alpha value is -6.85. The Bertz CT molecular complexity index is 3080. The van der Waals surface area contributed by atoms with Crippen molar-refractivity contribution in [2.75, 3.05) is 0 Å². The molecule has 0 saturated carbocycles. The van der Waals surface area contributed by atoms with Crippen molar-refractivity contribution < 1.29 is 8.83 Å². The van der Waals surface area contributed by atoms with Gasteiger partial charge < -0.3 is 8.83 Å². The molecule has 0 bridgehead atoms. The van der Waals surface area contributed by atoms with Crippen LogP contribution in [0.2, 0.25) is 0 Å². The molecule has 1 aliphatic carbocycles. The Kier molecular flexibility index (Phi) is 6.31. The van der Waals surface area contributed by atoms with Gasteiger partial charge in [-0.25, -0.2) is 15.0 Å². The zero-order chi connectivity index (χ0) is 34.2. The highest BCUT2D eigenvalue weighted by atomic mass is 16.3. The molecule has 0 aliphatic heterocycles. The van der Waals surface area contributed by atoms with Crippen LogP contribution in [0.1, 0.15) is 23.6 Å². The third-order valence-corrected chi connectivity index (χ3v) is 10.5. The van der Waals surface area contributed by atoms with Crippen LogP contribution in [0.15, 0.2) is 154 Å². The summed E-state index contributed by atoms with van der Waals surface area (Å²) in [5, 5.41) is 7.99. The molecule has 7 aromatic carbocycles. The molecule has 52 heavy (non-hydrogen) atoms. The van der Waals surface area contributed by atoms with Gasteiger partial charge in [-0.15, -0.1) is 0 Å². The van der Waals surface area contributed by atoms with Crippen molar-refractivity contribution >= 4 is 66.1 Å². The maximum absolute atomic E-state index is 6.80. The molecular weight excluding hydrogens is 639 g/mol. The van der Waals surface area contributed by atoms with Crippen molar-refractivity contribution in [1.82, 2.24) is 15.0 Å². The number of rotatable bonds is 4. The Morgan fingerprint density at radius 1 is 0.442 bits per heavy atom. The lowest BCUT2D eigenvalue weighted by Crippen LogP contribution is -2.05. The summed E-state index contributed by atoms with van der Waals surface area (Å²) in [5.41, 5.74) is 8.78. The van der Waals surface area contributed by atoms with Crippen molar-refractivity contribution in [3.05, 3.63) is 163 Å². The summed E-state index contributed by atoms with van der Waals surface area (Å²) in [7, 11) is 0. The molecule has 5 heteroatoms. The molecule has 244 valence electrons. The SMILES string of the molecule is C1=C(c2nc(-c3ccccc3)nc(-c3ccc(-c4cc5ccccc5c5ccccc45)c4oc5ccccc5c34)n2)CCc2c1oc1ccccc21. The highest BCUT2D eigenvalue weighted by Crippen LogP contribution is 2.44. The van der Waals surface area contributed by atoms with E-state index in [0.29, 0.717) is 17.5 Å². The number of hydrogen-bond acceptors (Lipinski definition) is 5. The van der Waals surface area contributed by atoms with Gasteiger partial charge >= 0.3 is 0 Å². The van der Waals surface area contributed by atoms with Crippen LogP contribution in [0.3, 0.4) is 0 Å². The molecule has 1 aliphatic rings. The van der Waals surface area contributed by atoms with Gasteiger partial charge in [-0.3, -0.25) is 0 Å². The number of benzene rings is 7. The molecule has 3 aromatic heterocycles. The van der Waals surface area contributed by atoms with Crippen molar-refractivity contribution in [1.29, 1.82) is 0 Å². The lowest BCUT2D eigenvalue weighted by molar-refractivity contribution is 0.596. The maximum Gasteiger partial charge on any atom is 0.164 e. The summed E-state index contributed by atoms with van der Waals surface area (Å²) < 4.78 is 13.1. The van der Waals surface area contributed by atoms with Crippen molar-refractivity contribution in [2.45, 2.75) is 12.8 Å². The molecule has 0 fully saturated rings. The second-order valence-electron chi connectivity index (χ2n) is 13.4. The maximum atomic E-state index is 6.80. The molecule has 0 unspecified atom stereocenters. The summed E-state index contributed by atoms with van der Waals surface area (Å²) in [4.78, 5) is 15.5. The lowest BCUT2D eigenvalue weighted by Gasteiger charge is -2.15. The van der Waals surface area contributed by atoms with Gasteiger partial charge in [0.2, 0.25) is 0 Å². The van der Waals surface area contributed by atoms with Gasteiger partial charge in [0, 0.05) is 44.0 Å². The largest absolute Gasteiger partial charge is 0.456 e. The van der Waals surface area contributed by atoms with Gasteiger partial charge in [0.25, 0.3) is 0 Å². The fraction of sp³-hybridized carbons (Fsp3) is 0.0426. The molecule has 0 spiro atoms. The molecule has 5 nitrogen and oxygen atoms in total. The number of fused-ring (bicyclic) bond motifs is 9. The van der Waals surface area contributed by atoms with Crippen LogP contribution in [-0.2, 0) is 6.42 Å². The molecule has 10 aromatic rings. The number of hydrogen-bond donors (Lipinski definition) is 0. The summed E-state index contributed by atoms with van der Waals surface area (Å²) in [6.45, 7) is 0. The molecule has 11 rings (SSSR count). The van der Waals surface area contributed by atoms with Gasteiger partial charge in [0.1, 0.15) is 22.5 Å². The van der Waals surface area contributed by atoms with E-state index in [1.807, 2.05) is 54.6 Å². The molecule has 0 atom stereocenters. The van der Waals surface area contributed by atoms with E-state index in [1.54, 1.807) is 0 Å². The van der Waals surface area contributed by atoms with Crippen LogP contribution in [0, 0.1) is 0 Å². The first-order valence-corrected chi connectivity index (χ1v) is 17.7. The molecule has 0 N–H and O–H groups in total. The van der Waals surface area contributed by atoms with E-state index in [2.05, 4.69) is 97.1 Å². The van der Waals surface area contributed by atoms with E-state index in [9.17, 15) is 0 Å². The van der Waals surface area contributed by atoms with E-state index in [4.69, 9.17) is 23.8 Å². The smallest absolute Gasteiger partial charge is 0.164 e. The highest BCUT2D eigenvalue weighted by Gasteiger charge is 2.24. The Morgan fingerprint density at radius 3 is 1.92 bits per heavy atom. The molecule has 3 heterocycles. The van der Waals surface area contributed by atoms with E-state index >= 15 is 0 Å². The van der Waals surface area contributed by atoms with Crippen LogP contribution in [0.4, 0.5) is 0 Å². The first kappa shape index (κ1) is 28.9. The van der Waals surface area contributed by atoms with E-state index in [0.717, 1.165) is 74.0 Å². The van der Waals surface area contributed by atoms with Gasteiger partial charge in [0.05, 0.1) is 0 Å². The summed E-state index contributed by atoms with van der Waals surface area (Å²) in [6.07, 6.45) is 3.76. The minimum Gasteiger partial charge on any atom is -0.456 e. The van der Waals surface area contributed by atoms with Crippen LogP contribution in [0.25, 0.3) is 100 Å². The molecule has 0 amide bonds. The van der Waals surface area contributed by atoms with Crippen molar-refractivity contribution in [2.24, 2.45) is 0 Å². The number of nitrogens with zero attached hydrogens (tertiary/aromatic N) is 3. The van der Waals surface area contributed by atoms with Crippen molar-refractivity contribution in [3.8, 4) is 33.9 Å². The fourth-order valence-corrected chi connectivity index (χ4v) is 8.02. The van der Waals surface area contributed by atoms with E-state index in [-0.39, 0.29) is 0 Å². The zero-order valence-corrected chi connectivity index (χ0v) is 28.0. The third kappa shape index (κ3) is 4.46. The predicted molar refractivity (Wildman–Crippen MR) is 211 cm³/mol. The van der Waals surface area contributed by atoms with E-state index < -0.39 is 0 Å². The normalized spacial score (nSPS) is 13.0. The second kappa shape index (κ2) is 11.3. The lowest BCUT2D eigenvalue weighted by atomic mass is 9.91. The first-order valence-electron chi connectivity index (χ1n) is 17.7. The quantitative estimate of drug-likeness (QED) is 0.175. The summed E-state index contributed by atoms with van der Waals surface area (Å²) in [5.74, 6) is 2.76. The Morgan fingerprint density at radius 2 is 1.08 bits per heavy atom. The van der Waals surface area contributed by atoms with E-state index in [1.165, 1.54) is 32.5 Å². The third-order valence-electron chi connectivity index (χ3n) is 10.5. The number of furan rings is 2. The fourth-order valence-electron chi connectivity index (χ4n) is 8.02. The number of para-hydroxylation sites is 2. The first-order chi connectivity index (χ1) is 25.8. The monoisotopic (exact) mass is 667 g/mol. The summed E-state index contributed by atoms with van der Waals surface area (Å²) >= 11 is 0. The Labute approximate surface area is 298 Å². The van der Waals surface area contributed by atoms with Gasteiger partial charge in [-0.2, -0.15) is 0 Å². The minimum atomic E-state index is 0.603. The molecular formula is C47H29N3O2. The highest BCUT2D eigenvalue weighted by molar-refractivity contribution is 6.20. The number of allylic oxidation sites excluding steroid dienone is 1. The average molecular weight is 668 g/mol. The molecule has 0 saturated heterocycles. The zero-order valence-electron chi connectivity index (χ0n) is 28.0. The van der Waals surface area contributed by atoms with Crippen LogP contribution in [0.5, 0.6) is 0 Å². The van der Waals surface area contributed by atoms with Crippen LogP contribution >= 0.6 is 0 Å². The van der Waals surface area contributed by atoms with Crippen LogP contribution in [-0.4, -0.2) is 15.0 Å². The topological polar surface area (TPSA) is 65.0 Å². The molecule has 0 radical (unpaired) electrons. The minimum absolute atomic E-state index is 0.603. The average Bonchev–Trinajstić information content (AvgIpc) is 3.79. The van der Waals surface area contributed by atoms with Gasteiger partial charge in [-0.05, 0) is 76.4 Å². The number of aromatic nitrogens is 3. The predicted octanol–water partition coefficient (Wildman–Crippen LogP) is 12.3. The van der Waals surface area contributed by atoms with Gasteiger partial charge in [0.15, 0.2) is 17.5 Å². The van der Waals surface area contributed by atoms with Crippen LogP contribution < -0.4 is 0 Å². The standard InChI is InChI=1S/C47H29N3O2/c1-2-12-28(13-3-1)45-48-46(30-22-23-35-34-18-8-10-20-40(34)51-42(35)27-30)50-47(49-45)38-25-24-36(44-43(38)37-19-9-11-21-41(37)52-44)39-26-29-14-4-5-15-31(29)32-16-6-7-17-33(32)39/h1-21,24-27H,22-23H2. The Balaban J connectivity index is 1.17. The van der Waals surface area contributed by atoms with Gasteiger partial charge in [-0.1, -0.05) is 115 Å². The van der Waals surface area contributed by atoms with Crippen molar-refractivity contribution in [3.63, 3.8) is 0 Å². The second-order valence-corrected chi connectivity index (χ2v) is 13.4.